The first-order valence-electron chi connectivity index (χ1n) is 7.77. The molecule has 25 heavy (non-hydrogen) atoms. The van der Waals surface area contributed by atoms with E-state index in [4.69, 9.17) is 10.8 Å². The third kappa shape index (κ3) is 2.59. The van der Waals surface area contributed by atoms with Crippen LogP contribution < -0.4 is 11.2 Å². The first-order valence-corrected chi connectivity index (χ1v) is 7.77. The summed E-state index contributed by atoms with van der Waals surface area (Å²) < 4.78 is 1.91. The van der Waals surface area contributed by atoms with Crippen molar-refractivity contribution >= 4 is 34.1 Å². The van der Waals surface area contributed by atoms with Crippen LogP contribution in [0, 0.1) is 0 Å². The Kier molecular flexibility index (Phi) is 3.63. The summed E-state index contributed by atoms with van der Waals surface area (Å²) >= 11 is 0. The number of fused-ring (bicyclic) bond motifs is 2. The maximum Gasteiger partial charge on any atom is 0.258 e. The quantitative estimate of drug-likeness (QED) is 0.262. The summed E-state index contributed by atoms with van der Waals surface area (Å²) in [6.45, 7) is 0. The van der Waals surface area contributed by atoms with E-state index in [0.717, 1.165) is 27.6 Å². The van der Waals surface area contributed by atoms with Gasteiger partial charge in [-0.15, -0.1) is 0 Å². The summed E-state index contributed by atoms with van der Waals surface area (Å²) in [5, 5.41) is 7.75. The van der Waals surface area contributed by atoms with Crippen LogP contribution in [0.5, 0.6) is 0 Å². The molecule has 2 aromatic heterocycles. The predicted molar refractivity (Wildman–Crippen MR) is 98.7 cm³/mol. The van der Waals surface area contributed by atoms with Crippen molar-refractivity contribution in [2.45, 2.75) is 0 Å². The predicted octanol–water partition coefficient (Wildman–Crippen LogP) is 2.81. The molecular weight excluding hydrogens is 314 g/mol. The van der Waals surface area contributed by atoms with Crippen LogP contribution in [0.3, 0.4) is 0 Å². The molecule has 0 radical (unpaired) electrons. The van der Waals surface area contributed by atoms with Crippen molar-refractivity contribution in [3.63, 3.8) is 0 Å². The van der Waals surface area contributed by atoms with Crippen LogP contribution in [0.15, 0.2) is 72.0 Å². The molecule has 4 rings (SSSR count). The zero-order chi connectivity index (χ0) is 17.2. The van der Waals surface area contributed by atoms with Crippen LogP contribution in [0.4, 0.5) is 0 Å². The van der Waals surface area contributed by atoms with Gasteiger partial charge >= 0.3 is 0 Å². The number of nitrogens with one attached hydrogen (secondary N) is 1. The maximum atomic E-state index is 12.4. The number of para-hydroxylation sites is 2. The summed E-state index contributed by atoms with van der Waals surface area (Å²) in [6.07, 6.45) is 2.95. The van der Waals surface area contributed by atoms with Gasteiger partial charge in [0.25, 0.3) is 5.91 Å². The molecule has 6 heteroatoms. The molecule has 6 nitrogen and oxygen atoms in total. The Morgan fingerprint density at radius 3 is 2.76 bits per heavy atom. The molecular formula is C19H15N5O. The Bertz CT molecular complexity index is 1110. The lowest BCUT2D eigenvalue weighted by molar-refractivity contribution is 0.0980. The van der Waals surface area contributed by atoms with Crippen molar-refractivity contribution in [1.82, 2.24) is 14.9 Å². The molecule has 1 amide bonds. The van der Waals surface area contributed by atoms with E-state index >= 15 is 0 Å². The average Bonchev–Trinajstić information content (AvgIpc) is 3.05. The van der Waals surface area contributed by atoms with Gasteiger partial charge in [-0.3, -0.25) is 4.79 Å². The number of rotatable bonds is 3. The van der Waals surface area contributed by atoms with Gasteiger partial charge in [0.05, 0.1) is 16.6 Å². The number of hydrogen-bond donors (Lipinski definition) is 2. The van der Waals surface area contributed by atoms with Crippen molar-refractivity contribution in [2.75, 3.05) is 0 Å². The minimum absolute atomic E-state index is 0.273. The Morgan fingerprint density at radius 1 is 1.08 bits per heavy atom. The molecule has 122 valence electrons. The van der Waals surface area contributed by atoms with Gasteiger partial charge in [-0.05, 0) is 24.3 Å². The lowest BCUT2D eigenvalue weighted by Gasteiger charge is -2.05. The van der Waals surface area contributed by atoms with Crippen molar-refractivity contribution < 1.29 is 4.79 Å². The van der Waals surface area contributed by atoms with Crippen LogP contribution in [0.2, 0.25) is 0 Å². The van der Waals surface area contributed by atoms with Gasteiger partial charge < -0.3 is 15.7 Å². The fourth-order valence-corrected chi connectivity index (χ4v) is 2.91. The summed E-state index contributed by atoms with van der Waals surface area (Å²) in [5.41, 5.74) is 2.34. The van der Waals surface area contributed by atoms with Crippen molar-refractivity contribution in [2.24, 2.45) is 10.9 Å². The maximum absolute atomic E-state index is 12.4. The number of carbonyl (C=O) groups is 1. The van der Waals surface area contributed by atoms with Gasteiger partial charge in [0.2, 0.25) is 0 Å². The molecule has 0 aliphatic carbocycles. The fourth-order valence-electron chi connectivity index (χ4n) is 2.91. The molecule has 0 atom stereocenters. The number of pyridine rings is 1. The molecule has 2 heterocycles. The van der Waals surface area contributed by atoms with E-state index in [1.807, 2.05) is 65.2 Å². The number of amides is 1. The SMILES string of the molecule is N/N=C/NC(=O)c1cn(-c2ccc3ccccc3n2)c2ccccc12. The molecule has 0 aliphatic heterocycles. The van der Waals surface area contributed by atoms with E-state index in [9.17, 15) is 4.79 Å². The fraction of sp³-hybridized carbons (Fsp3) is 0. The van der Waals surface area contributed by atoms with Crippen LogP contribution >= 0.6 is 0 Å². The van der Waals surface area contributed by atoms with E-state index in [0.29, 0.717) is 5.56 Å². The van der Waals surface area contributed by atoms with Crippen molar-refractivity contribution in [1.29, 1.82) is 0 Å². The minimum Gasteiger partial charge on any atom is -0.322 e. The number of aromatic nitrogens is 2. The second-order valence-corrected chi connectivity index (χ2v) is 5.54. The topological polar surface area (TPSA) is 85.3 Å². The molecule has 0 aliphatic rings. The molecule has 0 spiro atoms. The minimum atomic E-state index is -0.273. The standard InChI is InChI=1S/C19H15N5O/c20-22-12-21-19(25)15-11-24(17-8-4-2-6-14(15)17)18-10-9-13-5-1-3-7-16(13)23-18/h1-12H,20H2,(H,21,22,25). The van der Waals surface area contributed by atoms with E-state index < -0.39 is 0 Å². The zero-order valence-electron chi connectivity index (χ0n) is 13.3. The third-order valence-electron chi connectivity index (χ3n) is 4.06. The summed E-state index contributed by atoms with van der Waals surface area (Å²) in [5.74, 6) is 5.53. The second kappa shape index (κ2) is 6.09. The normalized spacial score (nSPS) is 11.4. The first-order chi connectivity index (χ1) is 12.3. The molecule has 0 unspecified atom stereocenters. The van der Waals surface area contributed by atoms with Crippen molar-refractivity contribution in [3.8, 4) is 5.82 Å². The molecule has 0 saturated carbocycles. The molecule has 0 fully saturated rings. The molecule has 4 aromatic rings. The first kappa shape index (κ1) is 14.9. The van der Waals surface area contributed by atoms with Crippen LogP contribution in [0.25, 0.3) is 27.6 Å². The highest BCUT2D eigenvalue weighted by Gasteiger charge is 2.15. The lowest BCUT2D eigenvalue weighted by Crippen LogP contribution is -2.21. The number of hydrogen-bond acceptors (Lipinski definition) is 4. The highest BCUT2D eigenvalue weighted by Crippen LogP contribution is 2.25. The largest absolute Gasteiger partial charge is 0.322 e. The second-order valence-electron chi connectivity index (χ2n) is 5.54. The van der Waals surface area contributed by atoms with E-state index in [1.54, 1.807) is 6.20 Å². The highest BCUT2D eigenvalue weighted by atomic mass is 16.1. The number of nitrogens with zero attached hydrogens (tertiary/aromatic N) is 3. The molecule has 0 bridgehead atoms. The Morgan fingerprint density at radius 2 is 1.88 bits per heavy atom. The Balaban J connectivity index is 1.90. The van der Waals surface area contributed by atoms with E-state index in [2.05, 4.69) is 10.4 Å². The van der Waals surface area contributed by atoms with Gasteiger partial charge in [0.1, 0.15) is 12.2 Å². The molecule has 0 saturated heterocycles. The molecule has 3 N–H and O–H groups in total. The lowest BCUT2D eigenvalue weighted by atomic mass is 10.1. The van der Waals surface area contributed by atoms with Gasteiger partial charge in [-0.2, -0.15) is 5.10 Å². The van der Waals surface area contributed by atoms with Crippen LogP contribution in [-0.4, -0.2) is 21.8 Å². The van der Waals surface area contributed by atoms with Crippen LogP contribution in [0.1, 0.15) is 10.4 Å². The van der Waals surface area contributed by atoms with Gasteiger partial charge in [0, 0.05) is 17.0 Å². The summed E-state index contributed by atoms with van der Waals surface area (Å²) in [7, 11) is 0. The van der Waals surface area contributed by atoms with Gasteiger partial charge in [-0.1, -0.05) is 36.4 Å². The highest BCUT2D eigenvalue weighted by molar-refractivity contribution is 6.10. The van der Waals surface area contributed by atoms with E-state index in [1.165, 1.54) is 6.34 Å². The monoisotopic (exact) mass is 329 g/mol. The molecule has 2 aromatic carbocycles. The summed E-state index contributed by atoms with van der Waals surface area (Å²) in [6, 6.07) is 19.6. The Labute approximate surface area is 143 Å². The third-order valence-corrected chi connectivity index (χ3v) is 4.06. The zero-order valence-corrected chi connectivity index (χ0v) is 13.3. The number of carbonyl (C=O) groups excluding carboxylic acids is 1. The van der Waals surface area contributed by atoms with Gasteiger partial charge in [0.15, 0.2) is 0 Å². The van der Waals surface area contributed by atoms with E-state index in [-0.39, 0.29) is 5.91 Å². The number of nitrogens with two attached hydrogens (primary N) is 1. The van der Waals surface area contributed by atoms with Crippen molar-refractivity contribution in [3.05, 3.63) is 72.4 Å². The number of benzene rings is 2. The Hall–Kier alpha value is -3.67. The van der Waals surface area contributed by atoms with Gasteiger partial charge in [-0.25, -0.2) is 4.98 Å². The van der Waals surface area contributed by atoms with Crippen LogP contribution in [-0.2, 0) is 0 Å². The summed E-state index contributed by atoms with van der Waals surface area (Å²) in [4.78, 5) is 17.1. The average molecular weight is 329 g/mol. The smallest absolute Gasteiger partial charge is 0.258 e. The number of hydrazone groups is 1.